The summed E-state index contributed by atoms with van der Waals surface area (Å²) < 4.78 is 17.2. The van der Waals surface area contributed by atoms with Crippen molar-refractivity contribution in [3.8, 4) is 5.75 Å². The summed E-state index contributed by atoms with van der Waals surface area (Å²) >= 11 is 0. The number of hydrogen-bond donors (Lipinski definition) is 2. The molecule has 2 fully saturated rings. The van der Waals surface area contributed by atoms with Gasteiger partial charge in [0.25, 0.3) is 0 Å². The van der Waals surface area contributed by atoms with Gasteiger partial charge in [0, 0.05) is 38.2 Å². The lowest BCUT2D eigenvalue weighted by Gasteiger charge is -2.35. The average molecular weight is 536 g/mol. The molecular formula is C25H29N9O5. The van der Waals surface area contributed by atoms with Crippen LogP contribution in [0.4, 0.5) is 22.1 Å². The van der Waals surface area contributed by atoms with Crippen molar-refractivity contribution in [3.05, 3.63) is 42.0 Å². The number of carbonyl (C=O) groups excluding carboxylic acids is 2. The molecule has 2 atom stereocenters. The molecule has 6 rings (SSSR count). The van der Waals surface area contributed by atoms with Gasteiger partial charge in [0.05, 0.1) is 18.3 Å². The highest BCUT2D eigenvalue weighted by Crippen LogP contribution is 2.39. The molecule has 6 heterocycles. The second-order valence-corrected chi connectivity index (χ2v) is 10.1. The predicted octanol–water partition coefficient (Wildman–Crippen LogP) is 1.97. The van der Waals surface area contributed by atoms with E-state index in [-0.39, 0.29) is 36.1 Å². The van der Waals surface area contributed by atoms with E-state index < -0.39 is 5.79 Å². The maximum Gasteiger partial charge on any atom is 0.329 e. The minimum atomic E-state index is -0.626. The highest BCUT2D eigenvalue weighted by molar-refractivity contribution is 6.05. The monoisotopic (exact) mass is 535 g/mol. The number of carbonyl (C=O) groups is 2. The van der Waals surface area contributed by atoms with Gasteiger partial charge in [0.15, 0.2) is 23.2 Å². The fourth-order valence-corrected chi connectivity index (χ4v) is 5.04. The Morgan fingerprint density at radius 3 is 2.97 bits per heavy atom. The Kier molecular flexibility index (Phi) is 6.56. The van der Waals surface area contributed by atoms with Gasteiger partial charge in [-0.05, 0) is 38.5 Å². The van der Waals surface area contributed by atoms with Crippen LogP contribution in [-0.2, 0) is 15.9 Å². The van der Waals surface area contributed by atoms with Gasteiger partial charge < -0.3 is 19.1 Å². The van der Waals surface area contributed by atoms with Crippen molar-refractivity contribution in [2.45, 2.75) is 51.0 Å². The topological polar surface area (TPSA) is 161 Å². The normalized spacial score (nSPS) is 21.1. The number of nitrogens with zero attached hydrogens (tertiary/aromatic N) is 7. The van der Waals surface area contributed by atoms with E-state index in [9.17, 15) is 9.59 Å². The Morgan fingerprint density at radius 1 is 1.28 bits per heavy atom. The molecule has 14 heteroatoms. The SMILES string of the molecule is CC1(C)OC[C@H](COc2ccnc(NC(=O)N3c4nc(C(=O)CCc5nn[nH]n5)ccc4N4CC[C@H]3C4)c2)O1. The van der Waals surface area contributed by atoms with Gasteiger partial charge >= 0.3 is 6.03 Å². The fourth-order valence-electron chi connectivity index (χ4n) is 5.04. The van der Waals surface area contributed by atoms with Gasteiger partial charge in [-0.25, -0.2) is 14.8 Å². The first-order valence-electron chi connectivity index (χ1n) is 12.9. The summed E-state index contributed by atoms with van der Waals surface area (Å²) in [6.07, 6.45) is 2.70. The van der Waals surface area contributed by atoms with Crippen LogP contribution >= 0.6 is 0 Å². The van der Waals surface area contributed by atoms with Gasteiger partial charge in [-0.3, -0.25) is 15.0 Å². The van der Waals surface area contributed by atoms with Gasteiger partial charge in [-0.1, -0.05) is 5.21 Å². The van der Waals surface area contributed by atoms with Gasteiger partial charge in [0.1, 0.15) is 30.0 Å². The Bertz CT molecular complexity index is 1370. The van der Waals surface area contributed by atoms with Crippen LogP contribution in [0.3, 0.4) is 0 Å². The Balaban J connectivity index is 1.16. The number of ketones is 1. The quantitative estimate of drug-likeness (QED) is 0.406. The summed E-state index contributed by atoms with van der Waals surface area (Å²) in [7, 11) is 0. The summed E-state index contributed by atoms with van der Waals surface area (Å²) in [5.74, 6) is 1.02. The van der Waals surface area contributed by atoms with Gasteiger partial charge in [-0.2, -0.15) is 5.21 Å². The molecule has 204 valence electrons. The molecule has 0 unspecified atom stereocenters. The summed E-state index contributed by atoms with van der Waals surface area (Å²) in [6.45, 7) is 5.98. The summed E-state index contributed by atoms with van der Waals surface area (Å²) in [5, 5.41) is 16.5. The molecule has 14 nitrogen and oxygen atoms in total. The molecule has 3 aromatic heterocycles. The van der Waals surface area contributed by atoms with Crippen LogP contribution in [0.15, 0.2) is 30.5 Å². The third-order valence-electron chi connectivity index (χ3n) is 6.89. The molecule has 2 bridgehead atoms. The van der Waals surface area contributed by atoms with Crippen molar-refractivity contribution >= 4 is 29.1 Å². The van der Waals surface area contributed by atoms with Crippen molar-refractivity contribution in [2.75, 3.05) is 41.4 Å². The van der Waals surface area contributed by atoms with E-state index in [1.165, 1.54) is 0 Å². The number of aromatic nitrogens is 6. The van der Waals surface area contributed by atoms with Crippen LogP contribution in [0.25, 0.3) is 0 Å². The number of urea groups is 1. The van der Waals surface area contributed by atoms with Crippen LogP contribution < -0.4 is 19.9 Å². The molecule has 0 aliphatic carbocycles. The zero-order chi connectivity index (χ0) is 27.0. The minimum absolute atomic E-state index is 0.0722. The smallest absolute Gasteiger partial charge is 0.329 e. The number of amides is 2. The second kappa shape index (κ2) is 10.2. The number of fused-ring (bicyclic) bond motifs is 4. The molecule has 2 amide bonds. The molecular weight excluding hydrogens is 506 g/mol. The Labute approximate surface area is 224 Å². The van der Waals surface area contributed by atoms with Crippen LogP contribution in [0, 0.1) is 0 Å². The Hall–Kier alpha value is -4.17. The standard InChI is InChI=1S/C25H29N9O5/c1-25(2)38-14-17(39-25)13-37-16-7-9-26-22(11-16)28-24(36)34-15-8-10-33(12-15)19-4-3-18(27-23(19)34)20(35)5-6-21-29-31-32-30-21/h3-4,7,9,11,15,17H,5-6,8,10,12-14H2,1-2H3,(H,26,28,36)(H,29,30,31,32)/t15-,17-/m0/s1. The van der Waals surface area contributed by atoms with E-state index in [2.05, 4.69) is 40.8 Å². The van der Waals surface area contributed by atoms with E-state index in [1.54, 1.807) is 29.3 Å². The lowest BCUT2D eigenvalue weighted by atomic mass is 10.1. The minimum Gasteiger partial charge on any atom is -0.491 e. The maximum absolute atomic E-state index is 13.6. The number of ether oxygens (including phenoxy) is 3. The van der Waals surface area contributed by atoms with E-state index in [0.29, 0.717) is 49.4 Å². The third kappa shape index (κ3) is 5.38. The number of tetrazole rings is 1. The van der Waals surface area contributed by atoms with Crippen LogP contribution in [-0.4, -0.2) is 86.6 Å². The number of Topliss-reactive ketones (excluding diaryl/α,β-unsaturated/α-hetero) is 1. The largest absolute Gasteiger partial charge is 0.491 e. The second-order valence-electron chi connectivity index (χ2n) is 10.1. The summed E-state index contributed by atoms with van der Waals surface area (Å²) in [5.41, 5.74) is 1.10. The zero-order valence-electron chi connectivity index (χ0n) is 21.7. The first-order valence-corrected chi connectivity index (χ1v) is 12.9. The van der Waals surface area contributed by atoms with Gasteiger partial charge in [0.2, 0.25) is 0 Å². The highest BCUT2D eigenvalue weighted by Gasteiger charge is 2.40. The van der Waals surface area contributed by atoms with E-state index >= 15 is 0 Å². The Morgan fingerprint density at radius 2 is 2.18 bits per heavy atom. The summed E-state index contributed by atoms with van der Waals surface area (Å²) in [6, 6.07) is 6.50. The van der Waals surface area contributed by atoms with Crippen molar-refractivity contribution in [1.29, 1.82) is 0 Å². The lowest BCUT2D eigenvalue weighted by Crippen LogP contribution is -2.48. The van der Waals surface area contributed by atoms with Crippen molar-refractivity contribution in [2.24, 2.45) is 0 Å². The molecule has 3 aromatic rings. The van der Waals surface area contributed by atoms with Crippen molar-refractivity contribution < 1.29 is 23.8 Å². The molecule has 3 aliphatic rings. The zero-order valence-corrected chi connectivity index (χ0v) is 21.7. The van der Waals surface area contributed by atoms with E-state index in [1.807, 2.05) is 19.9 Å². The molecule has 2 N–H and O–H groups in total. The van der Waals surface area contributed by atoms with Crippen LogP contribution in [0.1, 0.15) is 43.0 Å². The molecule has 2 saturated heterocycles. The summed E-state index contributed by atoms with van der Waals surface area (Å²) in [4.78, 5) is 39.2. The number of pyridine rings is 2. The van der Waals surface area contributed by atoms with E-state index in [0.717, 1.165) is 18.7 Å². The average Bonchev–Trinajstić information content (AvgIpc) is 3.67. The number of anilines is 3. The number of rotatable bonds is 8. The first kappa shape index (κ1) is 25.1. The van der Waals surface area contributed by atoms with E-state index in [4.69, 9.17) is 14.2 Å². The third-order valence-corrected chi connectivity index (χ3v) is 6.89. The van der Waals surface area contributed by atoms with Crippen molar-refractivity contribution in [1.82, 2.24) is 30.6 Å². The number of nitrogens with one attached hydrogen (secondary N) is 2. The van der Waals surface area contributed by atoms with Crippen LogP contribution in [0.2, 0.25) is 0 Å². The first-order chi connectivity index (χ1) is 18.8. The molecule has 0 saturated carbocycles. The number of aromatic amines is 1. The van der Waals surface area contributed by atoms with Gasteiger partial charge in [-0.15, -0.1) is 10.2 Å². The predicted molar refractivity (Wildman–Crippen MR) is 138 cm³/mol. The lowest BCUT2D eigenvalue weighted by molar-refractivity contribution is -0.141. The number of hydrogen-bond acceptors (Lipinski definition) is 11. The number of aryl methyl sites for hydroxylation is 1. The fraction of sp³-hybridized carbons (Fsp3) is 0.480. The number of H-pyrrole nitrogens is 1. The molecule has 39 heavy (non-hydrogen) atoms. The maximum atomic E-state index is 13.6. The molecule has 3 aliphatic heterocycles. The van der Waals surface area contributed by atoms with Crippen LogP contribution in [0.5, 0.6) is 5.75 Å². The molecule has 0 aromatic carbocycles. The van der Waals surface area contributed by atoms with Crippen molar-refractivity contribution in [3.63, 3.8) is 0 Å². The highest BCUT2D eigenvalue weighted by atomic mass is 16.7. The molecule has 0 radical (unpaired) electrons. The molecule has 0 spiro atoms.